The summed E-state index contributed by atoms with van der Waals surface area (Å²) >= 11 is 6.14. The number of amides is 1. The fourth-order valence-electron chi connectivity index (χ4n) is 3.65. The van der Waals surface area contributed by atoms with Gasteiger partial charge in [0.25, 0.3) is 0 Å². The van der Waals surface area contributed by atoms with Gasteiger partial charge in [0.05, 0.1) is 6.54 Å². The van der Waals surface area contributed by atoms with Crippen molar-refractivity contribution in [3.8, 4) is 0 Å². The molecule has 160 valence electrons. The van der Waals surface area contributed by atoms with Crippen molar-refractivity contribution in [2.45, 2.75) is 59.0 Å². The average Bonchev–Trinajstić information content (AvgIpc) is 3.14. The number of carbonyl (C=O) groups is 1. The van der Waals surface area contributed by atoms with E-state index in [2.05, 4.69) is 36.7 Å². The summed E-state index contributed by atoms with van der Waals surface area (Å²) in [6, 6.07) is 12.1. The number of carbonyl (C=O) groups excluding carboxylic acids is 1. The number of unbranched alkanes of at least 4 members (excludes halogenated alkanes) is 1. The third-order valence-corrected chi connectivity index (χ3v) is 5.59. The Kier molecular flexibility index (Phi) is 10.3. The minimum Gasteiger partial charge on any atom is -0.385 e. The van der Waals surface area contributed by atoms with Crippen LogP contribution in [0.15, 0.2) is 42.6 Å². The van der Waals surface area contributed by atoms with Crippen LogP contribution in [0, 0.1) is 5.92 Å². The van der Waals surface area contributed by atoms with E-state index in [0.29, 0.717) is 13.2 Å². The maximum atomic E-state index is 13.3. The van der Waals surface area contributed by atoms with Gasteiger partial charge in [0.2, 0.25) is 5.91 Å². The Hall–Kier alpha value is -1.78. The lowest BCUT2D eigenvalue weighted by Crippen LogP contribution is -2.37. The zero-order valence-corrected chi connectivity index (χ0v) is 18.8. The second-order valence-corrected chi connectivity index (χ2v) is 8.05. The lowest BCUT2D eigenvalue weighted by Gasteiger charge is -2.28. The van der Waals surface area contributed by atoms with Crippen molar-refractivity contribution in [2.75, 3.05) is 20.3 Å². The lowest BCUT2D eigenvalue weighted by atomic mass is 9.97. The van der Waals surface area contributed by atoms with Gasteiger partial charge in [-0.15, -0.1) is 0 Å². The molecule has 1 aromatic heterocycles. The summed E-state index contributed by atoms with van der Waals surface area (Å²) in [5.74, 6) is 0.376. The van der Waals surface area contributed by atoms with E-state index in [-0.39, 0.29) is 11.8 Å². The standard InChI is InChI=1S/C24H35ClN2O2/c1-4-6-11-21(5-2)24(28)27(15-9-16-29-3)19-23-13-8-14-26(23)18-20-10-7-12-22(25)17-20/h7-8,10,12-14,17,21H,4-6,9,11,15-16,18-19H2,1-3H3. The number of aromatic nitrogens is 1. The van der Waals surface area contributed by atoms with Crippen LogP contribution >= 0.6 is 11.6 Å². The molecule has 1 amide bonds. The van der Waals surface area contributed by atoms with Crippen LogP contribution in [0.1, 0.15) is 57.2 Å². The highest BCUT2D eigenvalue weighted by atomic mass is 35.5. The van der Waals surface area contributed by atoms with Crippen molar-refractivity contribution in [2.24, 2.45) is 5.92 Å². The monoisotopic (exact) mass is 418 g/mol. The molecule has 1 unspecified atom stereocenters. The molecule has 0 aliphatic rings. The summed E-state index contributed by atoms with van der Waals surface area (Å²) in [4.78, 5) is 15.3. The van der Waals surface area contributed by atoms with Gasteiger partial charge in [-0.1, -0.05) is 50.4 Å². The molecule has 29 heavy (non-hydrogen) atoms. The van der Waals surface area contributed by atoms with Crippen LogP contribution in [0.5, 0.6) is 0 Å². The fourth-order valence-corrected chi connectivity index (χ4v) is 3.87. The molecule has 0 N–H and O–H groups in total. The Morgan fingerprint density at radius 1 is 1.21 bits per heavy atom. The quantitative estimate of drug-likeness (QED) is 0.387. The Morgan fingerprint density at radius 2 is 2.03 bits per heavy atom. The minimum absolute atomic E-state index is 0.105. The zero-order valence-electron chi connectivity index (χ0n) is 18.1. The fraction of sp³-hybridized carbons (Fsp3) is 0.542. The van der Waals surface area contributed by atoms with Crippen molar-refractivity contribution in [3.05, 3.63) is 58.9 Å². The first-order chi connectivity index (χ1) is 14.1. The highest BCUT2D eigenvalue weighted by Gasteiger charge is 2.23. The van der Waals surface area contributed by atoms with Crippen LogP contribution in [0.3, 0.4) is 0 Å². The van der Waals surface area contributed by atoms with Gasteiger partial charge >= 0.3 is 0 Å². The first-order valence-electron chi connectivity index (χ1n) is 10.7. The molecule has 1 heterocycles. The van der Waals surface area contributed by atoms with Crippen molar-refractivity contribution in [3.63, 3.8) is 0 Å². The zero-order chi connectivity index (χ0) is 21.1. The maximum Gasteiger partial charge on any atom is 0.226 e. The highest BCUT2D eigenvalue weighted by molar-refractivity contribution is 6.30. The van der Waals surface area contributed by atoms with E-state index in [0.717, 1.165) is 61.5 Å². The summed E-state index contributed by atoms with van der Waals surface area (Å²) in [5.41, 5.74) is 2.29. The first kappa shape index (κ1) is 23.5. The van der Waals surface area contributed by atoms with Crippen LogP contribution in [-0.2, 0) is 22.6 Å². The number of hydrogen-bond donors (Lipinski definition) is 0. The molecule has 1 aromatic carbocycles. The number of nitrogens with zero attached hydrogens (tertiary/aromatic N) is 2. The van der Waals surface area contributed by atoms with Gasteiger partial charge in [0, 0.05) is 49.6 Å². The number of halogens is 1. The normalized spacial score (nSPS) is 12.1. The summed E-state index contributed by atoms with van der Waals surface area (Å²) in [6.45, 7) is 7.05. The third kappa shape index (κ3) is 7.52. The van der Waals surface area contributed by atoms with Crippen molar-refractivity contribution in [1.29, 1.82) is 0 Å². The van der Waals surface area contributed by atoms with Gasteiger partial charge < -0.3 is 14.2 Å². The number of methoxy groups -OCH3 is 1. The van der Waals surface area contributed by atoms with Crippen LogP contribution < -0.4 is 0 Å². The topological polar surface area (TPSA) is 34.5 Å². The highest BCUT2D eigenvalue weighted by Crippen LogP contribution is 2.19. The van der Waals surface area contributed by atoms with Crippen molar-refractivity contribution in [1.82, 2.24) is 9.47 Å². The number of benzene rings is 1. The van der Waals surface area contributed by atoms with E-state index in [1.807, 2.05) is 29.2 Å². The van der Waals surface area contributed by atoms with Crippen LogP contribution in [0.25, 0.3) is 0 Å². The van der Waals surface area contributed by atoms with E-state index in [1.165, 1.54) is 0 Å². The molecule has 0 saturated heterocycles. The van der Waals surface area contributed by atoms with E-state index in [4.69, 9.17) is 16.3 Å². The summed E-state index contributed by atoms with van der Waals surface area (Å²) in [7, 11) is 1.71. The Labute approximate surface area is 180 Å². The smallest absolute Gasteiger partial charge is 0.226 e. The molecule has 0 radical (unpaired) electrons. The van der Waals surface area contributed by atoms with Gasteiger partial charge in [0.15, 0.2) is 0 Å². The molecule has 5 heteroatoms. The molecule has 4 nitrogen and oxygen atoms in total. The van der Waals surface area contributed by atoms with E-state index < -0.39 is 0 Å². The van der Waals surface area contributed by atoms with Crippen molar-refractivity contribution < 1.29 is 9.53 Å². The van der Waals surface area contributed by atoms with Gasteiger partial charge in [-0.25, -0.2) is 0 Å². The van der Waals surface area contributed by atoms with Gasteiger partial charge in [-0.2, -0.15) is 0 Å². The van der Waals surface area contributed by atoms with Crippen molar-refractivity contribution >= 4 is 17.5 Å². The SMILES string of the molecule is CCCCC(CC)C(=O)N(CCCOC)Cc1cccn1Cc1cccc(Cl)c1. The molecule has 0 saturated carbocycles. The predicted octanol–water partition coefficient (Wildman–Crippen LogP) is 5.77. The Morgan fingerprint density at radius 3 is 2.72 bits per heavy atom. The molecule has 2 aromatic rings. The predicted molar refractivity (Wildman–Crippen MR) is 120 cm³/mol. The molecule has 2 rings (SSSR count). The summed E-state index contributed by atoms with van der Waals surface area (Å²) in [6.07, 6.45) is 7.00. The third-order valence-electron chi connectivity index (χ3n) is 5.35. The molecule has 1 atom stereocenters. The molecule has 0 aliphatic carbocycles. The summed E-state index contributed by atoms with van der Waals surface area (Å²) in [5, 5.41) is 0.745. The van der Waals surface area contributed by atoms with Gasteiger partial charge in [0.1, 0.15) is 0 Å². The van der Waals surface area contributed by atoms with E-state index in [9.17, 15) is 4.79 Å². The number of rotatable bonds is 13. The molecule has 0 fully saturated rings. The lowest BCUT2D eigenvalue weighted by molar-refractivity contribution is -0.136. The van der Waals surface area contributed by atoms with Crippen LogP contribution in [0.2, 0.25) is 5.02 Å². The average molecular weight is 419 g/mol. The Bertz CT molecular complexity index is 744. The van der Waals surface area contributed by atoms with Gasteiger partial charge in [-0.05, 0) is 49.1 Å². The largest absolute Gasteiger partial charge is 0.385 e. The first-order valence-corrected chi connectivity index (χ1v) is 11.1. The number of ether oxygens (including phenoxy) is 1. The second-order valence-electron chi connectivity index (χ2n) is 7.61. The molecule has 0 bridgehead atoms. The molecular formula is C24H35ClN2O2. The minimum atomic E-state index is 0.105. The maximum absolute atomic E-state index is 13.3. The van der Waals surface area contributed by atoms with E-state index >= 15 is 0 Å². The van der Waals surface area contributed by atoms with Crippen LogP contribution in [0.4, 0.5) is 0 Å². The molecule has 0 aliphatic heterocycles. The second kappa shape index (κ2) is 12.7. The molecule has 0 spiro atoms. The molecular weight excluding hydrogens is 384 g/mol. The van der Waals surface area contributed by atoms with E-state index in [1.54, 1.807) is 7.11 Å². The Balaban J connectivity index is 2.14. The van der Waals surface area contributed by atoms with Gasteiger partial charge in [-0.3, -0.25) is 4.79 Å². The van der Waals surface area contributed by atoms with Crippen LogP contribution in [-0.4, -0.2) is 35.6 Å². The summed E-state index contributed by atoms with van der Waals surface area (Å²) < 4.78 is 7.42. The number of hydrogen-bond acceptors (Lipinski definition) is 2.